The number of carbonyl (C=O) groups is 3. The van der Waals surface area contributed by atoms with Crippen molar-refractivity contribution >= 4 is 40.9 Å². The van der Waals surface area contributed by atoms with E-state index in [1.54, 1.807) is 16.7 Å². The van der Waals surface area contributed by atoms with E-state index < -0.39 is 29.4 Å². The van der Waals surface area contributed by atoms with Crippen molar-refractivity contribution in [3.05, 3.63) is 34.4 Å². The third-order valence-electron chi connectivity index (χ3n) is 4.42. The zero-order valence-electron chi connectivity index (χ0n) is 14.0. The number of thioether (sulfide) groups is 1. The molecule has 0 bridgehead atoms. The summed E-state index contributed by atoms with van der Waals surface area (Å²) in [5.41, 5.74) is 0.266. The lowest BCUT2D eigenvalue weighted by atomic mass is 10.2. The van der Waals surface area contributed by atoms with Gasteiger partial charge in [-0.15, -0.1) is 11.8 Å². The molecule has 1 aromatic rings. The number of nitrogens with zero attached hydrogens (tertiary/aromatic N) is 2. The largest absolute Gasteiger partial charge is 0.454 e. The number of anilines is 1. The number of nitro groups is 1. The van der Waals surface area contributed by atoms with E-state index >= 15 is 0 Å². The van der Waals surface area contributed by atoms with Gasteiger partial charge >= 0.3 is 5.97 Å². The molecule has 2 aliphatic rings. The van der Waals surface area contributed by atoms with E-state index in [-0.39, 0.29) is 16.5 Å². The van der Waals surface area contributed by atoms with Crippen LogP contribution >= 0.6 is 11.8 Å². The second-order valence-corrected chi connectivity index (χ2v) is 7.73. The van der Waals surface area contributed by atoms with Crippen LogP contribution in [0.25, 0.3) is 0 Å². The van der Waals surface area contributed by atoms with Gasteiger partial charge in [0, 0.05) is 30.0 Å². The number of carbonyl (C=O) groups excluding carboxylic acids is 3. The Kier molecular flexibility index (Phi) is 4.86. The molecule has 2 saturated heterocycles. The van der Waals surface area contributed by atoms with Gasteiger partial charge in [0.2, 0.25) is 5.91 Å². The van der Waals surface area contributed by atoms with Crippen LogP contribution < -0.4 is 5.32 Å². The second kappa shape index (κ2) is 6.94. The zero-order chi connectivity index (χ0) is 18.9. The molecule has 10 heteroatoms. The Morgan fingerprint density at radius 1 is 1.42 bits per heavy atom. The fraction of sp³-hybridized carbons (Fsp3) is 0.438. The molecule has 0 radical (unpaired) electrons. The highest BCUT2D eigenvalue weighted by atomic mass is 32.2. The van der Waals surface area contributed by atoms with E-state index in [0.717, 1.165) is 0 Å². The van der Waals surface area contributed by atoms with Crippen molar-refractivity contribution in [2.24, 2.45) is 0 Å². The maximum atomic E-state index is 12.3. The van der Waals surface area contributed by atoms with Gasteiger partial charge in [-0.05, 0) is 25.5 Å². The lowest BCUT2D eigenvalue weighted by molar-refractivity contribution is -0.384. The van der Waals surface area contributed by atoms with Crippen LogP contribution in [0, 0.1) is 10.1 Å². The topological polar surface area (TPSA) is 119 Å². The predicted molar refractivity (Wildman–Crippen MR) is 93.4 cm³/mol. The molecule has 9 nitrogen and oxygen atoms in total. The number of nitro benzene ring substituents is 1. The van der Waals surface area contributed by atoms with Gasteiger partial charge in [-0.1, -0.05) is 0 Å². The van der Waals surface area contributed by atoms with Crippen LogP contribution in [-0.4, -0.2) is 50.9 Å². The molecule has 2 heterocycles. The molecule has 138 valence electrons. The van der Waals surface area contributed by atoms with Crippen molar-refractivity contribution in [3.8, 4) is 0 Å². The summed E-state index contributed by atoms with van der Waals surface area (Å²) < 4.78 is 5.06. The van der Waals surface area contributed by atoms with Gasteiger partial charge in [-0.25, -0.2) is 4.79 Å². The Morgan fingerprint density at radius 2 is 2.12 bits per heavy atom. The first-order chi connectivity index (χ1) is 12.3. The van der Waals surface area contributed by atoms with E-state index in [9.17, 15) is 24.5 Å². The molecule has 0 spiro atoms. The summed E-state index contributed by atoms with van der Waals surface area (Å²) >= 11 is 1.54. The molecule has 1 aromatic carbocycles. The highest BCUT2D eigenvalue weighted by Crippen LogP contribution is 2.47. The van der Waals surface area contributed by atoms with Crippen LogP contribution in [0.2, 0.25) is 0 Å². The Bertz CT molecular complexity index is 768. The monoisotopic (exact) mass is 379 g/mol. The molecular formula is C16H17N3O6S. The molecule has 2 atom stereocenters. The second-order valence-electron chi connectivity index (χ2n) is 6.23. The smallest absolute Gasteiger partial charge is 0.330 e. The standard InChI is InChI=1S/C16H17N3O6S/c1-16-7-6-14(21)18(16)12(9-26-16)15(22)25-8-13(20)17-10-2-4-11(5-3-10)19(23)24/h2-5,12H,6-9H2,1H3,(H,17,20)/t12-,16-/m0/s1. The normalized spacial score (nSPS) is 24.3. The van der Waals surface area contributed by atoms with E-state index in [2.05, 4.69) is 5.32 Å². The Balaban J connectivity index is 1.52. The van der Waals surface area contributed by atoms with Crippen molar-refractivity contribution in [2.75, 3.05) is 17.7 Å². The van der Waals surface area contributed by atoms with E-state index in [0.29, 0.717) is 24.3 Å². The number of ether oxygens (including phenoxy) is 1. The fourth-order valence-corrected chi connectivity index (χ4v) is 4.51. The van der Waals surface area contributed by atoms with Gasteiger partial charge in [0.15, 0.2) is 6.61 Å². The van der Waals surface area contributed by atoms with E-state index in [1.807, 2.05) is 6.92 Å². The minimum absolute atomic E-state index is 0.0743. The van der Waals surface area contributed by atoms with Crippen LogP contribution in [0.3, 0.4) is 0 Å². The molecule has 0 saturated carbocycles. The molecule has 0 aliphatic carbocycles. The zero-order valence-corrected chi connectivity index (χ0v) is 14.8. The van der Waals surface area contributed by atoms with Crippen LogP contribution in [0.5, 0.6) is 0 Å². The number of amides is 2. The van der Waals surface area contributed by atoms with Gasteiger partial charge in [-0.2, -0.15) is 0 Å². The lowest BCUT2D eigenvalue weighted by Gasteiger charge is -2.29. The third kappa shape index (κ3) is 3.50. The number of hydrogen-bond acceptors (Lipinski definition) is 7. The average molecular weight is 379 g/mol. The minimum atomic E-state index is -0.674. The van der Waals surface area contributed by atoms with Crippen molar-refractivity contribution < 1.29 is 24.0 Å². The quantitative estimate of drug-likeness (QED) is 0.468. The SMILES string of the molecule is C[C@]12CCC(=O)N1[C@H](C(=O)OCC(=O)Nc1ccc([N+](=O)[O-])cc1)CS2. The van der Waals surface area contributed by atoms with Gasteiger partial charge in [0.05, 0.1) is 9.79 Å². The number of rotatable bonds is 5. The minimum Gasteiger partial charge on any atom is -0.454 e. The molecule has 26 heavy (non-hydrogen) atoms. The molecule has 0 unspecified atom stereocenters. The molecule has 2 amide bonds. The number of hydrogen-bond donors (Lipinski definition) is 1. The van der Waals surface area contributed by atoms with E-state index in [4.69, 9.17) is 4.74 Å². The summed E-state index contributed by atoms with van der Waals surface area (Å²) in [5.74, 6) is -0.788. The van der Waals surface area contributed by atoms with Crippen LogP contribution in [0.15, 0.2) is 24.3 Å². The highest BCUT2D eigenvalue weighted by Gasteiger charge is 2.53. The molecule has 2 aliphatic heterocycles. The number of nitrogens with one attached hydrogen (secondary N) is 1. The fourth-order valence-electron chi connectivity index (χ4n) is 3.09. The van der Waals surface area contributed by atoms with Gasteiger partial charge < -0.3 is 15.0 Å². The molecule has 1 N–H and O–H groups in total. The molecular weight excluding hydrogens is 362 g/mol. The summed E-state index contributed by atoms with van der Waals surface area (Å²) in [4.78, 5) is 47.4. The van der Waals surface area contributed by atoms with Crippen molar-refractivity contribution in [3.63, 3.8) is 0 Å². The predicted octanol–water partition coefficient (Wildman–Crippen LogP) is 1.53. The summed E-state index contributed by atoms with van der Waals surface area (Å²) in [6, 6.07) is 4.63. The maximum absolute atomic E-state index is 12.3. The Morgan fingerprint density at radius 3 is 2.77 bits per heavy atom. The maximum Gasteiger partial charge on any atom is 0.330 e. The van der Waals surface area contributed by atoms with Crippen LogP contribution in [0.1, 0.15) is 19.8 Å². The van der Waals surface area contributed by atoms with Crippen molar-refractivity contribution in [2.45, 2.75) is 30.7 Å². The van der Waals surface area contributed by atoms with Crippen molar-refractivity contribution in [1.82, 2.24) is 4.90 Å². The van der Waals surface area contributed by atoms with E-state index in [1.165, 1.54) is 24.3 Å². The first kappa shape index (κ1) is 18.2. The average Bonchev–Trinajstić information content (AvgIpc) is 3.09. The number of fused-ring (bicyclic) bond motifs is 1. The summed E-state index contributed by atoms with van der Waals surface area (Å²) in [7, 11) is 0. The summed E-state index contributed by atoms with van der Waals surface area (Å²) in [5, 5.41) is 13.1. The first-order valence-corrected chi connectivity index (χ1v) is 8.96. The Labute approximate surface area is 153 Å². The van der Waals surface area contributed by atoms with Crippen molar-refractivity contribution in [1.29, 1.82) is 0 Å². The molecule has 2 fully saturated rings. The number of benzene rings is 1. The Hall–Kier alpha value is -2.62. The van der Waals surface area contributed by atoms with Crippen LogP contribution in [-0.2, 0) is 19.1 Å². The summed E-state index contributed by atoms with van der Waals surface area (Å²) in [6.07, 6.45) is 1.11. The van der Waals surface area contributed by atoms with Gasteiger partial charge in [0.25, 0.3) is 11.6 Å². The summed E-state index contributed by atoms with van der Waals surface area (Å²) in [6.45, 7) is 1.44. The van der Waals surface area contributed by atoms with Gasteiger partial charge in [-0.3, -0.25) is 19.7 Å². The number of non-ortho nitro benzene ring substituents is 1. The lowest BCUT2D eigenvalue weighted by Crippen LogP contribution is -2.47. The van der Waals surface area contributed by atoms with Gasteiger partial charge in [0.1, 0.15) is 6.04 Å². The molecule has 3 rings (SSSR count). The molecule has 0 aromatic heterocycles. The first-order valence-electron chi connectivity index (χ1n) is 7.97. The van der Waals surface area contributed by atoms with Crippen LogP contribution in [0.4, 0.5) is 11.4 Å². The number of esters is 1. The highest BCUT2D eigenvalue weighted by molar-refractivity contribution is 8.01. The third-order valence-corrected chi connectivity index (χ3v) is 5.93.